The number of methoxy groups -OCH3 is 1. The number of ether oxygens (including phenoxy) is 1. The topological polar surface area (TPSA) is 69.7 Å². The maximum Gasteiger partial charge on any atom is 0.315 e. The zero-order valence-corrected chi connectivity index (χ0v) is 17.5. The third kappa shape index (κ3) is 5.31. The molecule has 2 N–H and O–H groups in total. The van der Waals surface area contributed by atoms with E-state index in [1.807, 2.05) is 43.5 Å². The second kappa shape index (κ2) is 10.0. The van der Waals surface area contributed by atoms with Gasteiger partial charge in [0, 0.05) is 50.5 Å². The largest absolute Gasteiger partial charge is 0.495 e. The van der Waals surface area contributed by atoms with Crippen LogP contribution in [0.4, 0.5) is 16.3 Å². The molecule has 156 valence electrons. The van der Waals surface area contributed by atoms with E-state index in [0.717, 1.165) is 55.4 Å². The first-order valence-electron chi connectivity index (χ1n) is 10.2. The molecule has 0 radical (unpaired) electrons. The minimum absolute atomic E-state index is 0.143. The molecule has 1 aliphatic rings. The van der Waals surface area contributed by atoms with Gasteiger partial charge in [-0.2, -0.15) is 0 Å². The lowest BCUT2D eigenvalue weighted by Crippen LogP contribution is -2.47. The van der Waals surface area contributed by atoms with E-state index in [9.17, 15) is 4.79 Å². The number of pyridine rings is 1. The lowest BCUT2D eigenvalue weighted by molar-refractivity contribution is 0.237. The van der Waals surface area contributed by atoms with Gasteiger partial charge in [0.2, 0.25) is 0 Å². The molecule has 2 amide bonds. The van der Waals surface area contributed by atoms with E-state index in [-0.39, 0.29) is 12.1 Å². The van der Waals surface area contributed by atoms with Crippen molar-refractivity contribution in [2.24, 2.45) is 0 Å². The van der Waals surface area contributed by atoms with Crippen molar-refractivity contribution in [1.82, 2.24) is 15.6 Å². The molecule has 29 heavy (non-hydrogen) atoms. The molecule has 2 heterocycles. The number of piperazine rings is 1. The van der Waals surface area contributed by atoms with Gasteiger partial charge in [-0.25, -0.2) is 9.78 Å². The number of carbonyl (C=O) groups is 1. The Kier molecular flexibility index (Phi) is 7.16. The van der Waals surface area contributed by atoms with Gasteiger partial charge in [0.15, 0.2) is 0 Å². The predicted octanol–water partition coefficient (Wildman–Crippen LogP) is 3.01. The van der Waals surface area contributed by atoms with Gasteiger partial charge in [-0.1, -0.05) is 25.1 Å². The quantitative estimate of drug-likeness (QED) is 0.752. The summed E-state index contributed by atoms with van der Waals surface area (Å²) in [6.07, 6.45) is 2.71. The fourth-order valence-corrected chi connectivity index (χ4v) is 3.46. The third-order valence-corrected chi connectivity index (χ3v) is 5.30. The summed E-state index contributed by atoms with van der Waals surface area (Å²) in [5, 5.41) is 5.88. The molecule has 1 aliphatic heterocycles. The molecule has 1 aromatic carbocycles. The molecule has 3 rings (SSSR count). The van der Waals surface area contributed by atoms with Gasteiger partial charge in [-0.05, 0) is 31.5 Å². The van der Waals surface area contributed by atoms with Crippen molar-refractivity contribution in [3.63, 3.8) is 0 Å². The van der Waals surface area contributed by atoms with Crippen LogP contribution in [0, 0.1) is 0 Å². The molecule has 1 aromatic heterocycles. The van der Waals surface area contributed by atoms with E-state index in [4.69, 9.17) is 4.74 Å². The Labute approximate surface area is 173 Å². The number of anilines is 2. The van der Waals surface area contributed by atoms with Crippen LogP contribution in [0.3, 0.4) is 0 Å². The monoisotopic (exact) mass is 397 g/mol. The summed E-state index contributed by atoms with van der Waals surface area (Å²) in [4.78, 5) is 21.3. The molecule has 7 heteroatoms. The Hall–Kier alpha value is -2.96. The van der Waals surface area contributed by atoms with Gasteiger partial charge < -0.3 is 25.2 Å². The van der Waals surface area contributed by atoms with Crippen LogP contribution in [0.5, 0.6) is 5.75 Å². The molecule has 0 spiro atoms. The van der Waals surface area contributed by atoms with E-state index < -0.39 is 0 Å². The summed E-state index contributed by atoms with van der Waals surface area (Å²) < 4.78 is 5.51. The molecule has 1 fully saturated rings. The highest BCUT2D eigenvalue weighted by Crippen LogP contribution is 2.29. The van der Waals surface area contributed by atoms with Crippen molar-refractivity contribution >= 4 is 17.5 Å². The fraction of sp³-hybridized carbons (Fsp3) is 0.455. The summed E-state index contributed by atoms with van der Waals surface area (Å²) >= 11 is 0. The van der Waals surface area contributed by atoms with Crippen LogP contribution in [-0.4, -0.2) is 50.3 Å². The molecular formula is C22H31N5O2. The number of aromatic nitrogens is 1. The van der Waals surface area contributed by atoms with Gasteiger partial charge >= 0.3 is 6.03 Å². The summed E-state index contributed by atoms with van der Waals surface area (Å²) in [7, 11) is 1.71. The van der Waals surface area contributed by atoms with Gasteiger partial charge in [-0.15, -0.1) is 0 Å². The predicted molar refractivity (Wildman–Crippen MR) is 117 cm³/mol. The van der Waals surface area contributed by atoms with Gasteiger partial charge in [0.05, 0.1) is 12.8 Å². The van der Waals surface area contributed by atoms with Crippen molar-refractivity contribution < 1.29 is 9.53 Å². The number of amides is 2. The summed E-state index contributed by atoms with van der Waals surface area (Å²) in [6.45, 7) is 8.00. The fourth-order valence-electron chi connectivity index (χ4n) is 3.46. The van der Waals surface area contributed by atoms with Crippen molar-refractivity contribution in [3.8, 4) is 5.75 Å². The number of urea groups is 1. The molecule has 2 aromatic rings. The Morgan fingerprint density at radius 2 is 1.86 bits per heavy atom. The second-order valence-corrected chi connectivity index (χ2v) is 7.27. The average molecular weight is 398 g/mol. The van der Waals surface area contributed by atoms with Crippen LogP contribution < -0.4 is 25.2 Å². The van der Waals surface area contributed by atoms with Crippen LogP contribution in [0.15, 0.2) is 42.6 Å². The molecule has 1 saturated heterocycles. The smallest absolute Gasteiger partial charge is 0.315 e. The third-order valence-electron chi connectivity index (χ3n) is 5.30. The van der Waals surface area contributed by atoms with Crippen molar-refractivity contribution in [2.75, 3.05) is 43.1 Å². The summed E-state index contributed by atoms with van der Waals surface area (Å²) in [5.74, 6) is 1.84. The minimum atomic E-state index is -0.143. The van der Waals surface area contributed by atoms with Gasteiger partial charge in [0.25, 0.3) is 0 Å². The molecule has 7 nitrogen and oxygen atoms in total. The maximum absolute atomic E-state index is 12.1. The van der Waals surface area contributed by atoms with Crippen molar-refractivity contribution in [1.29, 1.82) is 0 Å². The number of nitrogens with zero attached hydrogens (tertiary/aromatic N) is 3. The second-order valence-electron chi connectivity index (χ2n) is 7.27. The van der Waals surface area contributed by atoms with E-state index in [0.29, 0.717) is 6.54 Å². The summed E-state index contributed by atoms with van der Waals surface area (Å²) in [5.41, 5.74) is 2.15. The number of nitrogens with one attached hydrogen (secondary N) is 2. The number of benzene rings is 1. The molecule has 0 saturated carbocycles. The lowest BCUT2D eigenvalue weighted by Gasteiger charge is -2.37. The Morgan fingerprint density at radius 1 is 1.14 bits per heavy atom. The Bertz CT molecular complexity index is 805. The number of hydrogen-bond acceptors (Lipinski definition) is 5. The first-order valence-corrected chi connectivity index (χ1v) is 10.2. The highest BCUT2D eigenvalue weighted by atomic mass is 16.5. The summed E-state index contributed by atoms with van der Waals surface area (Å²) in [6, 6.07) is 12.1. The van der Waals surface area contributed by atoms with Crippen LogP contribution in [0.1, 0.15) is 25.8 Å². The molecule has 0 aliphatic carbocycles. The zero-order chi connectivity index (χ0) is 20.6. The van der Waals surface area contributed by atoms with Gasteiger partial charge in [-0.3, -0.25) is 0 Å². The van der Waals surface area contributed by atoms with Crippen LogP contribution in [0.25, 0.3) is 0 Å². The standard InChI is InChI=1S/C22H31N5O2/c1-4-17(2)25-22(28)24-16-18-8-7-11-23-21(18)27-14-12-26(13-15-27)19-9-5-6-10-20(19)29-3/h5-11,17H,4,12-16H2,1-3H3,(H2,24,25,28). The Balaban J connectivity index is 1.62. The highest BCUT2D eigenvalue weighted by Gasteiger charge is 2.22. The number of hydrogen-bond donors (Lipinski definition) is 2. The van der Waals surface area contributed by atoms with Crippen LogP contribution in [0.2, 0.25) is 0 Å². The number of carbonyl (C=O) groups excluding carboxylic acids is 1. The first-order chi connectivity index (χ1) is 14.1. The molecule has 1 unspecified atom stereocenters. The normalized spacial score (nSPS) is 15.0. The van der Waals surface area contributed by atoms with E-state index >= 15 is 0 Å². The van der Waals surface area contributed by atoms with Crippen molar-refractivity contribution in [2.45, 2.75) is 32.9 Å². The van der Waals surface area contributed by atoms with Gasteiger partial charge in [0.1, 0.15) is 11.6 Å². The SMILES string of the molecule is CCC(C)NC(=O)NCc1cccnc1N1CCN(c2ccccc2OC)CC1. The van der Waals surface area contributed by atoms with E-state index in [2.05, 4.69) is 38.4 Å². The number of para-hydroxylation sites is 2. The Morgan fingerprint density at radius 3 is 2.59 bits per heavy atom. The van der Waals surface area contributed by atoms with E-state index in [1.54, 1.807) is 7.11 Å². The van der Waals surface area contributed by atoms with Crippen LogP contribution in [-0.2, 0) is 6.54 Å². The average Bonchev–Trinajstić information content (AvgIpc) is 2.78. The highest BCUT2D eigenvalue weighted by molar-refractivity contribution is 5.74. The molecular weight excluding hydrogens is 366 g/mol. The number of rotatable bonds is 7. The molecule has 0 bridgehead atoms. The maximum atomic E-state index is 12.1. The first kappa shape index (κ1) is 20.8. The van der Waals surface area contributed by atoms with Crippen molar-refractivity contribution in [3.05, 3.63) is 48.2 Å². The minimum Gasteiger partial charge on any atom is -0.495 e. The van der Waals surface area contributed by atoms with E-state index in [1.165, 1.54) is 0 Å². The zero-order valence-electron chi connectivity index (χ0n) is 17.5. The molecule has 1 atom stereocenters. The lowest BCUT2D eigenvalue weighted by atomic mass is 10.2. The van der Waals surface area contributed by atoms with Crippen LogP contribution >= 0.6 is 0 Å².